The first-order valence-electron chi connectivity index (χ1n) is 4.48. The van der Waals surface area contributed by atoms with Gasteiger partial charge in [-0.1, -0.05) is 0 Å². The van der Waals surface area contributed by atoms with Gasteiger partial charge < -0.3 is 20.8 Å². The maximum absolute atomic E-state index is 11.4. The predicted molar refractivity (Wildman–Crippen MR) is 47.8 cm³/mol. The highest BCUT2D eigenvalue weighted by Crippen LogP contribution is 2.06. The first-order valence-corrected chi connectivity index (χ1v) is 4.48. The van der Waals surface area contributed by atoms with Gasteiger partial charge in [0.15, 0.2) is 0 Å². The molecule has 0 aromatic carbocycles. The lowest BCUT2D eigenvalue weighted by atomic mass is 10.2. The predicted octanol–water partition coefficient (Wildman–Crippen LogP) is -2.17. The largest absolute Gasteiger partial charge is 0.480 e. The monoisotopic (exact) mass is 216 g/mol. The molecule has 84 valence electrons. The van der Waals surface area contributed by atoms with Gasteiger partial charge >= 0.3 is 5.97 Å². The maximum Gasteiger partial charge on any atom is 0.328 e. The zero-order valence-corrected chi connectivity index (χ0v) is 7.90. The normalized spacial score (nSPS) is 21.9. The fourth-order valence-corrected chi connectivity index (χ4v) is 1.27. The molecule has 0 saturated carbocycles. The van der Waals surface area contributed by atoms with Crippen molar-refractivity contribution < 1.29 is 24.6 Å². The van der Waals surface area contributed by atoms with Crippen LogP contribution in [0.4, 0.5) is 0 Å². The molecule has 2 atom stereocenters. The molecule has 7 heteroatoms. The SMILES string of the molecule is O=C1CCC(C(=O)NC(CO)C(=O)O)N1. The molecule has 2 amide bonds. The van der Waals surface area contributed by atoms with Crippen LogP contribution in [0.1, 0.15) is 12.8 Å². The van der Waals surface area contributed by atoms with E-state index >= 15 is 0 Å². The second-order valence-electron chi connectivity index (χ2n) is 3.24. The molecule has 15 heavy (non-hydrogen) atoms. The van der Waals surface area contributed by atoms with Crippen molar-refractivity contribution in [3.8, 4) is 0 Å². The van der Waals surface area contributed by atoms with Crippen molar-refractivity contribution in [3.05, 3.63) is 0 Å². The van der Waals surface area contributed by atoms with Gasteiger partial charge in [-0.15, -0.1) is 0 Å². The Balaban J connectivity index is 2.47. The number of hydrogen-bond donors (Lipinski definition) is 4. The van der Waals surface area contributed by atoms with Crippen LogP contribution in [0.25, 0.3) is 0 Å². The first-order chi connectivity index (χ1) is 7.04. The summed E-state index contributed by atoms with van der Waals surface area (Å²) in [5.41, 5.74) is 0. The van der Waals surface area contributed by atoms with E-state index in [4.69, 9.17) is 10.2 Å². The number of aliphatic hydroxyl groups is 1. The zero-order valence-electron chi connectivity index (χ0n) is 7.90. The highest BCUT2D eigenvalue weighted by Gasteiger charge is 2.29. The second kappa shape index (κ2) is 4.74. The molecule has 0 spiro atoms. The van der Waals surface area contributed by atoms with E-state index in [2.05, 4.69) is 10.6 Å². The minimum absolute atomic E-state index is 0.231. The highest BCUT2D eigenvalue weighted by atomic mass is 16.4. The number of carboxylic acid groups (broad SMARTS) is 1. The lowest BCUT2D eigenvalue weighted by molar-refractivity contribution is -0.143. The summed E-state index contributed by atoms with van der Waals surface area (Å²) >= 11 is 0. The average molecular weight is 216 g/mol. The van der Waals surface area contributed by atoms with Crippen LogP contribution in [-0.4, -0.2) is 46.7 Å². The van der Waals surface area contributed by atoms with Crippen LogP contribution in [0.15, 0.2) is 0 Å². The van der Waals surface area contributed by atoms with Crippen LogP contribution in [0.2, 0.25) is 0 Å². The number of amides is 2. The van der Waals surface area contributed by atoms with E-state index in [0.717, 1.165) is 0 Å². The molecule has 1 saturated heterocycles. The van der Waals surface area contributed by atoms with Crippen molar-refractivity contribution in [2.24, 2.45) is 0 Å². The fraction of sp³-hybridized carbons (Fsp3) is 0.625. The van der Waals surface area contributed by atoms with Crippen molar-refractivity contribution >= 4 is 17.8 Å². The molecule has 0 bridgehead atoms. The van der Waals surface area contributed by atoms with Crippen LogP contribution >= 0.6 is 0 Å². The van der Waals surface area contributed by atoms with Gasteiger partial charge in [0, 0.05) is 6.42 Å². The Labute approximate surface area is 85.5 Å². The molecule has 1 heterocycles. The Bertz CT molecular complexity index is 291. The van der Waals surface area contributed by atoms with Crippen LogP contribution in [0.3, 0.4) is 0 Å². The van der Waals surface area contributed by atoms with Crippen molar-refractivity contribution in [3.63, 3.8) is 0 Å². The maximum atomic E-state index is 11.4. The third-order valence-corrected chi connectivity index (χ3v) is 2.11. The number of carbonyl (C=O) groups excluding carboxylic acids is 2. The second-order valence-corrected chi connectivity index (χ2v) is 3.24. The Morgan fingerprint density at radius 3 is 2.67 bits per heavy atom. The summed E-state index contributed by atoms with van der Waals surface area (Å²) < 4.78 is 0. The van der Waals surface area contributed by atoms with Crippen LogP contribution in [0, 0.1) is 0 Å². The topological polar surface area (TPSA) is 116 Å². The summed E-state index contributed by atoms with van der Waals surface area (Å²) in [6.07, 6.45) is 0.609. The minimum Gasteiger partial charge on any atom is -0.480 e. The standard InChI is InChI=1S/C8H12N2O5/c11-3-5(8(14)15)10-7(13)4-1-2-6(12)9-4/h4-5,11H,1-3H2,(H,9,12)(H,10,13)(H,14,15). The summed E-state index contributed by atoms with van der Waals surface area (Å²) in [5, 5.41) is 21.7. The molecule has 1 fully saturated rings. The number of carboxylic acids is 1. The van der Waals surface area contributed by atoms with E-state index in [9.17, 15) is 14.4 Å². The molecule has 4 N–H and O–H groups in total. The number of nitrogens with one attached hydrogen (secondary N) is 2. The van der Waals surface area contributed by atoms with Gasteiger partial charge in [0.05, 0.1) is 6.61 Å². The van der Waals surface area contributed by atoms with Gasteiger partial charge in [-0.3, -0.25) is 9.59 Å². The van der Waals surface area contributed by atoms with E-state index in [0.29, 0.717) is 6.42 Å². The van der Waals surface area contributed by atoms with Gasteiger partial charge in [0.25, 0.3) is 0 Å². The molecule has 0 radical (unpaired) electrons. The zero-order chi connectivity index (χ0) is 11.4. The fourth-order valence-electron chi connectivity index (χ4n) is 1.27. The van der Waals surface area contributed by atoms with Crippen LogP contribution < -0.4 is 10.6 Å². The van der Waals surface area contributed by atoms with E-state index in [1.54, 1.807) is 0 Å². The third kappa shape index (κ3) is 2.91. The molecule has 7 nitrogen and oxygen atoms in total. The van der Waals surface area contributed by atoms with Gasteiger partial charge in [-0.05, 0) is 6.42 Å². The Hall–Kier alpha value is -1.63. The highest BCUT2D eigenvalue weighted by molar-refractivity contribution is 5.92. The smallest absolute Gasteiger partial charge is 0.328 e. The van der Waals surface area contributed by atoms with Crippen LogP contribution in [0.5, 0.6) is 0 Å². The molecule has 1 aliphatic rings. The summed E-state index contributed by atoms with van der Waals surface area (Å²) in [6.45, 7) is -0.679. The summed E-state index contributed by atoms with van der Waals surface area (Å²) in [4.78, 5) is 32.6. The molecule has 2 unspecified atom stereocenters. The van der Waals surface area contributed by atoms with Crippen molar-refractivity contribution in [1.29, 1.82) is 0 Å². The average Bonchev–Trinajstić information content (AvgIpc) is 2.60. The lowest BCUT2D eigenvalue weighted by Gasteiger charge is -2.15. The van der Waals surface area contributed by atoms with Gasteiger partial charge in [0.2, 0.25) is 11.8 Å². The molecule has 0 aromatic heterocycles. The Kier molecular flexibility index (Phi) is 3.62. The number of aliphatic carboxylic acids is 1. The van der Waals surface area contributed by atoms with Crippen LogP contribution in [-0.2, 0) is 14.4 Å². The molecular weight excluding hydrogens is 204 g/mol. The molecular formula is C8H12N2O5. The molecule has 0 aromatic rings. The summed E-state index contributed by atoms with van der Waals surface area (Å²) in [6, 6.07) is -2.01. The summed E-state index contributed by atoms with van der Waals surface area (Å²) in [5.74, 6) is -2.12. The van der Waals surface area contributed by atoms with E-state index in [1.807, 2.05) is 0 Å². The number of rotatable bonds is 4. The summed E-state index contributed by atoms with van der Waals surface area (Å²) in [7, 11) is 0. The lowest BCUT2D eigenvalue weighted by Crippen LogP contribution is -2.50. The van der Waals surface area contributed by atoms with Gasteiger partial charge in [-0.2, -0.15) is 0 Å². The van der Waals surface area contributed by atoms with E-state index in [1.165, 1.54) is 0 Å². The van der Waals surface area contributed by atoms with E-state index in [-0.39, 0.29) is 12.3 Å². The number of aliphatic hydroxyl groups excluding tert-OH is 1. The number of hydrogen-bond acceptors (Lipinski definition) is 4. The Morgan fingerprint density at radius 2 is 2.27 bits per heavy atom. The van der Waals surface area contributed by atoms with E-state index < -0.39 is 30.6 Å². The van der Waals surface area contributed by atoms with Crippen molar-refractivity contribution in [1.82, 2.24) is 10.6 Å². The first kappa shape index (κ1) is 11.4. The van der Waals surface area contributed by atoms with Gasteiger partial charge in [-0.25, -0.2) is 4.79 Å². The Morgan fingerprint density at radius 1 is 1.60 bits per heavy atom. The third-order valence-electron chi connectivity index (χ3n) is 2.11. The minimum atomic E-state index is -1.32. The van der Waals surface area contributed by atoms with Crippen molar-refractivity contribution in [2.45, 2.75) is 24.9 Å². The molecule has 0 aliphatic carbocycles. The van der Waals surface area contributed by atoms with Gasteiger partial charge in [0.1, 0.15) is 12.1 Å². The van der Waals surface area contributed by atoms with Crippen molar-refractivity contribution in [2.75, 3.05) is 6.61 Å². The molecule has 1 rings (SSSR count). The quantitative estimate of drug-likeness (QED) is 0.426. The number of carbonyl (C=O) groups is 3. The molecule has 1 aliphatic heterocycles.